The topological polar surface area (TPSA) is 108 Å². The van der Waals surface area contributed by atoms with Gasteiger partial charge >= 0.3 is 0 Å². The number of aliphatic hydroxyl groups is 1. The van der Waals surface area contributed by atoms with Crippen molar-refractivity contribution in [1.82, 2.24) is 4.90 Å². The van der Waals surface area contributed by atoms with Gasteiger partial charge < -0.3 is 25.4 Å². The van der Waals surface area contributed by atoms with Crippen molar-refractivity contribution < 1.29 is 24.2 Å². The first-order chi connectivity index (χ1) is 20.8. The number of amides is 3. The van der Waals surface area contributed by atoms with Crippen LogP contribution in [-0.2, 0) is 19.1 Å². The van der Waals surface area contributed by atoms with Crippen LogP contribution in [0.2, 0.25) is 0 Å². The zero-order valence-corrected chi connectivity index (χ0v) is 23.8. The van der Waals surface area contributed by atoms with Gasteiger partial charge in [-0.2, -0.15) is 0 Å². The summed E-state index contributed by atoms with van der Waals surface area (Å²) in [5.41, 5.74) is -0.238. The second-order valence-corrected chi connectivity index (χ2v) is 12.0. The molecule has 3 aliphatic heterocycles. The summed E-state index contributed by atoms with van der Waals surface area (Å²) in [6, 6.07) is 30.0. The van der Waals surface area contributed by atoms with Crippen LogP contribution in [0.3, 0.4) is 0 Å². The molecule has 3 aliphatic rings. The van der Waals surface area contributed by atoms with E-state index in [-0.39, 0.29) is 11.8 Å². The molecular weight excluding hydrogens is 542 g/mol. The van der Waals surface area contributed by atoms with Crippen molar-refractivity contribution in [3.8, 4) is 0 Å². The molecule has 3 amide bonds. The van der Waals surface area contributed by atoms with Gasteiger partial charge in [-0.15, -0.1) is 0 Å². The Hall–Kier alpha value is -4.53. The van der Waals surface area contributed by atoms with Gasteiger partial charge in [0.15, 0.2) is 0 Å². The minimum absolute atomic E-state index is 0.315. The van der Waals surface area contributed by atoms with Crippen LogP contribution < -0.4 is 10.6 Å². The number of anilines is 2. The maximum Gasteiger partial charge on any atom is 0.250 e. The standard InChI is InChI=1S/C35H33N3O5/c1-34-18-19-35(43-34)29(28(34)31(40)36-25-14-6-3-7-15-25)33(42)38(27(21-39)23-11-4-2-5-12-23)30(35)32(41)37-26-17-16-22-10-8-9-13-24(22)20-26/h2-17,20,27-30,39H,18-19,21H2,1H3,(H,36,40)(H,37,41)/t27-,28-,29+,30?,34+,35?/m1/s1. The van der Waals surface area contributed by atoms with Gasteiger partial charge in [-0.3, -0.25) is 14.4 Å². The number of nitrogens with one attached hydrogen (secondary N) is 2. The van der Waals surface area contributed by atoms with Gasteiger partial charge in [-0.25, -0.2) is 0 Å². The van der Waals surface area contributed by atoms with Crippen LogP contribution in [0.5, 0.6) is 0 Å². The molecule has 2 unspecified atom stereocenters. The molecule has 0 saturated carbocycles. The molecule has 4 aromatic carbocycles. The Morgan fingerprint density at radius 1 is 0.860 bits per heavy atom. The maximum atomic E-state index is 14.6. The molecule has 0 aromatic heterocycles. The minimum Gasteiger partial charge on any atom is -0.394 e. The van der Waals surface area contributed by atoms with Gasteiger partial charge in [0.1, 0.15) is 11.6 Å². The molecule has 3 saturated heterocycles. The zero-order chi connectivity index (χ0) is 29.8. The molecule has 3 fully saturated rings. The number of ether oxygens (including phenoxy) is 1. The highest BCUT2D eigenvalue weighted by Gasteiger charge is 2.78. The van der Waals surface area contributed by atoms with E-state index in [9.17, 15) is 19.5 Å². The highest BCUT2D eigenvalue weighted by atomic mass is 16.5. The van der Waals surface area contributed by atoms with Gasteiger partial charge in [-0.1, -0.05) is 78.9 Å². The molecule has 8 heteroatoms. The van der Waals surface area contributed by atoms with Crippen LogP contribution in [0, 0.1) is 11.8 Å². The van der Waals surface area contributed by atoms with Gasteiger partial charge in [0.05, 0.1) is 30.1 Å². The lowest BCUT2D eigenvalue weighted by Crippen LogP contribution is -2.54. The van der Waals surface area contributed by atoms with Crippen LogP contribution in [0.25, 0.3) is 10.8 Å². The van der Waals surface area contributed by atoms with Crippen LogP contribution in [0.4, 0.5) is 11.4 Å². The molecule has 43 heavy (non-hydrogen) atoms. The Kier molecular flexibility index (Phi) is 6.56. The molecule has 3 heterocycles. The van der Waals surface area contributed by atoms with Crippen LogP contribution >= 0.6 is 0 Å². The number of benzene rings is 4. The summed E-state index contributed by atoms with van der Waals surface area (Å²) in [5.74, 6) is -2.79. The van der Waals surface area contributed by atoms with Crippen LogP contribution in [-0.4, -0.2) is 51.6 Å². The maximum absolute atomic E-state index is 14.6. The van der Waals surface area contributed by atoms with E-state index in [1.165, 1.54) is 4.90 Å². The molecular formula is C35H33N3O5. The van der Waals surface area contributed by atoms with Gasteiger partial charge in [0.25, 0.3) is 0 Å². The third-order valence-electron chi connectivity index (χ3n) is 9.50. The minimum atomic E-state index is -1.23. The molecule has 6 atom stereocenters. The van der Waals surface area contributed by atoms with Crippen molar-refractivity contribution in [1.29, 1.82) is 0 Å². The van der Waals surface area contributed by atoms with E-state index in [0.29, 0.717) is 29.8 Å². The van der Waals surface area contributed by atoms with E-state index in [2.05, 4.69) is 10.6 Å². The van der Waals surface area contributed by atoms with Crippen molar-refractivity contribution in [3.05, 3.63) is 109 Å². The summed E-state index contributed by atoms with van der Waals surface area (Å²) in [6.07, 6.45) is 0.959. The van der Waals surface area contributed by atoms with E-state index in [1.807, 2.05) is 97.9 Å². The summed E-state index contributed by atoms with van der Waals surface area (Å²) < 4.78 is 6.75. The summed E-state index contributed by atoms with van der Waals surface area (Å²) in [5, 5.41) is 18.7. The first-order valence-corrected chi connectivity index (χ1v) is 14.7. The summed E-state index contributed by atoms with van der Waals surface area (Å²) in [4.78, 5) is 44.3. The van der Waals surface area contributed by atoms with Crippen LogP contribution in [0.1, 0.15) is 31.4 Å². The largest absolute Gasteiger partial charge is 0.394 e. The number of nitrogens with zero attached hydrogens (tertiary/aromatic N) is 1. The average molecular weight is 576 g/mol. The SMILES string of the molecule is C[C@@]12CCC3(O1)C(C(=O)Nc1ccc4ccccc4c1)N([C@H](CO)c1ccccc1)C(=O)[C@@H]3[C@@H]2C(=O)Nc1ccccc1. The Labute approximate surface area is 249 Å². The molecule has 0 aliphatic carbocycles. The third kappa shape index (κ3) is 4.32. The fraction of sp³-hybridized carbons (Fsp3) is 0.286. The van der Waals surface area contributed by atoms with E-state index in [1.54, 1.807) is 12.1 Å². The van der Waals surface area contributed by atoms with Crippen molar-refractivity contribution in [3.63, 3.8) is 0 Å². The van der Waals surface area contributed by atoms with E-state index in [4.69, 9.17) is 4.74 Å². The van der Waals surface area contributed by atoms with Crippen molar-refractivity contribution >= 4 is 39.9 Å². The molecule has 4 aromatic rings. The molecule has 3 N–H and O–H groups in total. The number of carbonyl (C=O) groups excluding carboxylic acids is 3. The second kappa shape index (κ2) is 10.3. The summed E-state index contributed by atoms with van der Waals surface area (Å²) >= 11 is 0. The Morgan fingerprint density at radius 2 is 1.51 bits per heavy atom. The average Bonchev–Trinajstić information content (AvgIpc) is 3.59. The number of para-hydroxylation sites is 1. The Morgan fingerprint density at radius 3 is 2.23 bits per heavy atom. The lowest BCUT2D eigenvalue weighted by atomic mass is 9.66. The quantitative estimate of drug-likeness (QED) is 0.290. The first-order valence-electron chi connectivity index (χ1n) is 14.7. The zero-order valence-electron chi connectivity index (χ0n) is 23.8. The number of fused-ring (bicyclic) bond motifs is 2. The Bertz CT molecular complexity index is 1710. The Balaban J connectivity index is 1.30. The molecule has 218 valence electrons. The van der Waals surface area contributed by atoms with Gasteiger partial charge in [0.2, 0.25) is 17.7 Å². The molecule has 7 rings (SSSR count). The summed E-state index contributed by atoms with van der Waals surface area (Å²) in [6.45, 7) is 1.47. The summed E-state index contributed by atoms with van der Waals surface area (Å²) in [7, 11) is 0. The first kappa shape index (κ1) is 27.3. The van der Waals surface area contributed by atoms with E-state index >= 15 is 0 Å². The van der Waals surface area contributed by atoms with Crippen molar-refractivity contribution in [2.45, 2.75) is 43.1 Å². The second-order valence-electron chi connectivity index (χ2n) is 12.0. The van der Waals surface area contributed by atoms with Crippen LogP contribution in [0.15, 0.2) is 103 Å². The predicted octanol–water partition coefficient (Wildman–Crippen LogP) is 4.92. The third-order valence-corrected chi connectivity index (χ3v) is 9.50. The van der Waals surface area contributed by atoms with Crippen molar-refractivity contribution in [2.75, 3.05) is 17.2 Å². The number of hydrogen-bond donors (Lipinski definition) is 3. The number of aliphatic hydroxyl groups excluding tert-OH is 1. The monoisotopic (exact) mass is 575 g/mol. The molecule has 8 nitrogen and oxygen atoms in total. The van der Waals surface area contributed by atoms with E-state index in [0.717, 1.165) is 10.8 Å². The van der Waals surface area contributed by atoms with Gasteiger partial charge in [-0.05, 0) is 60.4 Å². The highest BCUT2D eigenvalue weighted by Crippen LogP contribution is 2.64. The predicted molar refractivity (Wildman–Crippen MR) is 163 cm³/mol. The number of carbonyl (C=O) groups is 3. The fourth-order valence-corrected chi connectivity index (χ4v) is 7.65. The lowest BCUT2D eigenvalue weighted by molar-refractivity contribution is -0.147. The number of likely N-dealkylation sites (tertiary alicyclic amines) is 1. The molecule has 2 bridgehead atoms. The van der Waals surface area contributed by atoms with Gasteiger partial charge in [0, 0.05) is 11.4 Å². The molecule has 0 radical (unpaired) electrons. The lowest BCUT2D eigenvalue weighted by Gasteiger charge is -2.37. The highest BCUT2D eigenvalue weighted by molar-refractivity contribution is 6.06. The molecule has 1 spiro atoms. The number of hydrogen-bond acceptors (Lipinski definition) is 5. The normalized spacial score (nSPS) is 28.1. The van der Waals surface area contributed by atoms with E-state index < -0.39 is 47.6 Å². The fourth-order valence-electron chi connectivity index (χ4n) is 7.65. The smallest absolute Gasteiger partial charge is 0.250 e. The van der Waals surface area contributed by atoms with Crippen molar-refractivity contribution in [2.24, 2.45) is 11.8 Å². The number of rotatable bonds is 7.